The highest BCUT2D eigenvalue weighted by Crippen LogP contribution is 2.43. The van der Waals surface area contributed by atoms with Crippen molar-refractivity contribution in [2.45, 2.75) is 62.9 Å². The van der Waals surface area contributed by atoms with Crippen molar-refractivity contribution in [2.75, 3.05) is 6.54 Å². The lowest BCUT2D eigenvalue weighted by atomic mass is 9.73. The standard InChI is InChI=1S/C18H29N3O/c1-14(21-17(22)16(20)10-7-13-19)18(11-5-6-12-18)15-8-3-2-4-9-15/h2-4,8-9,14,16H,5-7,10-13,19-20H2,1H3,(H,21,22)/t14?,16-/m0/s1. The first-order chi connectivity index (χ1) is 10.6. The summed E-state index contributed by atoms with van der Waals surface area (Å²) in [6.45, 7) is 2.69. The van der Waals surface area contributed by atoms with Crippen LogP contribution >= 0.6 is 0 Å². The number of carbonyl (C=O) groups is 1. The summed E-state index contributed by atoms with van der Waals surface area (Å²) in [7, 11) is 0. The van der Waals surface area contributed by atoms with Crippen molar-refractivity contribution in [3.8, 4) is 0 Å². The van der Waals surface area contributed by atoms with Crippen LogP contribution in [0.2, 0.25) is 0 Å². The summed E-state index contributed by atoms with van der Waals surface area (Å²) in [5, 5.41) is 3.17. The zero-order valence-electron chi connectivity index (χ0n) is 13.6. The lowest BCUT2D eigenvalue weighted by Gasteiger charge is -2.37. The summed E-state index contributed by atoms with van der Waals surface area (Å²) < 4.78 is 0. The third-order valence-corrected chi connectivity index (χ3v) is 5.09. The fourth-order valence-corrected chi connectivity index (χ4v) is 3.68. The minimum Gasteiger partial charge on any atom is -0.351 e. The summed E-state index contributed by atoms with van der Waals surface area (Å²) in [5.74, 6) is -0.0526. The molecule has 22 heavy (non-hydrogen) atoms. The van der Waals surface area contributed by atoms with Crippen LogP contribution < -0.4 is 16.8 Å². The van der Waals surface area contributed by atoms with Crippen LogP contribution in [-0.2, 0) is 10.2 Å². The first kappa shape index (κ1) is 17.0. The molecule has 2 atom stereocenters. The van der Waals surface area contributed by atoms with Gasteiger partial charge in [0.25, 0.3) is 0 Å². The Hall–Kier alpha value is -1.39. The van der Waals surface area contributed by atoms with Crippen LogP contribution in [0.25, 0.3) is 0 Å². The average Bonchev–Trinajstić information content (AvgIpc) is 3.04. The Labute approximate surface area is 133 Å². The van der Waals surface area contributed by atoms with Crippen molar-refractivity contribution in [1.29, 1.82) is 0 Å². The van der Waals surface area contributed by atoms with Gasteiger partial charge in [-0.1, -0.05) is 43.2 Å². The summed E-state index contributed by atoms with van der Waals surface area (Å²) in [6, 6.07) is 10.2. The highest BCUT2D eigenvalue weighted by molar-refractivity contribution is 5.81. The number of benzene rings is 1. The molecule has 0 saturated heterocycles. The lowest BCUT2D eigenvalue weighted by Crippen LogP contribution is -2.52. The maximum atomic E-state index is 12.3. The molecule has 1 unspecified atom stereocenters. The smallest absolute Gasteiger partial charge is 0.237 e. The monoisotopic (exact) mass is 303 g/mol. The van der Waals surface area contributed by atoms with Gasteiger partial charge in [-0.05, 0) is 44.7 Å². The molecule has 4 heteroatoms. The topological polar surface area (TPSA) is 81.1 Å². The summed E-state index contributed by atoms with van der Waals surface area (Å²) in [4.78, 5) is 12.3. The second-order valence-electron chi connectivity index (χ2n) is 6.50. The second kappa shape index (κ2) is 7.75. The van der Waals surface area contributed by atoms with E-state index < -0.39 is 6.04 Å². The average molecular weight is 303 g/mol. The largest absolute Gasteiger partial charge is 0.351 e. The van der Waals surface area contributed by atoms with Crippen molar-refractivity contribution in [3.05, 3.63) is 35.9 Å². The predicted octanol–water partition coefficient (Wildman–Crippen LogP) is 2.07. The van der Waals surface area contributed by atoms with Crippen LogP contribution in [0.15, 0.2) is 30.3 Å². The Balaban J connectivity index is 2.08. The molecule has 0 spiro atoms. The SMILES string of the molecule is CC(NC(=O)[C@@H](N)CCCN)C1(c2ccccc2)CCCC1. The number of amides is 1. The molecule has 5 N–H and O–H groups in total. The van der Waals surface area contributed by atoms with E-state index in [1.165, 1.54) is 18.4 Å². The Morgan fingerprint density at radius 1 is 1.27 bits per heavy atom. The Morgan fingerprint density at radius 3 is 2.50 bits per heavy atom. The van der Waals surface area contributed by atoms with Crippen LogP contribution in [0.4, 0.5) is 0 Å². The van der Waals surface area contributed by atoms with Crippen molar-refractivity contribution >= 4 is 5.91 Å². The van der Waals surface area contributed by atoms with E-state index in [2.05, 4.69) is 36.5 Å². The molecule has 0 aliphatic heterocycles. The van der Waals surface area contributed by atoms with Crippen molar-refractivity contribution in [1.82, 2.24) is 5.32 Å². The zero-order chi connectivity index (χ0) is 16.0. The lowest BCUT2D eigenvalue weighted by molar-refractivity contribution is -0.123. The third-order valence-electron chi connectivity index (χ3n) is 5.09. The number of hydrogen-bond acceptors (Lipinski definition) is 3. The molecule has 0 radical (unpaired) electrons. The number of hydrogen-bond donors (Lipinski definition) is 3. The van der Waals surface area contributed by atoms with Crippen LogP contribution in [-0.4, -0.2) is 24.5 Å². The highest BCUT2D eigenvalue weighted by atomic mass is 16.2. The molecular formula is C18H29N3O. The van der Waals surface area contributed by atoms with E-state index in [0.29, 0.717) is 13.0 Å². The minimum absolute atomic E-state index is 0.0461. The normalized spacial score (nSPS) is 19.6. The molecule has 1 aliphatic carbocycles. The minimum atomic E-state index is -0.458. The van der Waals surface area contributed by atoms with Gasteiger partial charge >= 0.3 is 0 Å². The molecule has 1 aromatic carbocycles. The van der Waals surface area contributed by atoms with Crippen molar-refractivity contribution in [3.63, 3.8) is 0 Å². The van der Waals surface area contributed by atoms with E-state index in [4.69, 9.17) is 11.5 Å². The quantitative estimate of drug-likeness (QED) is 0.721. The van der Waals surface area contributed by atoms with Gasteiger partial charge in [-0.15, -0.1) is 0 Å². The molecular weight excluding hydrogens is 274 g/mol. The van der Waals surface area contributed by atoms with Crippen LogP contribution in [0, 0.1) is 0 Å². The molecule has 0 heterocycles. The van der Waals surface area contributed by atoms with Gasteiger partial charge in [0.15, 0.2) is 0 Å². The first-order valence-electron chi connectivity index (χ1n) is 8.42. The van der Waals surface area contributed by atoms with Gasteiger partial charge in [0, 0.05) is 11.5 Å². The number of rotatable bonds is 7. The molecule has 1 aliphatic rings. The van der Waals surface area contributed by atoms with E-state index in [0.717, 1.165) is 19.3 Å². The zero-order valence-corrected chi connectivity index (χ0v) is 13.6. The number of carbonyl (C=O) groups excluding carboxylic acids is 1. The van der Waals surface area contributed by atoms with Crippen LogP contribution in [0.1, 0.15) is 51.0 Å². The second-order valence-corrected chi connectivity index (χ2v) is 6.50. The van der Waals surface area contributed by atoms with E-state index in [1.54, 1.807) is 0 Å². The predicted molar refractivity (Wildman–Crippen MR) is 90.5 cm³/mol. The van der Waals surface area contributed by atoms with Crippen molar-refractivity contribution in [2.24, 2.45) is 11.5 Å². The number of nitrogens with one attached hydrogen (secondary N) is 1. The van der Waals surface area contributed by atoms with Gasteiger partial charge in [0.2, 0.25) is 5.91 Å². The molecule has 1 saturated carbocycles. The Bertz CT molecular complexity index is 468. The summed E-state index contributed by atoms with van der Waals surface area (Å²) in [6.07, 6.45) is 6.11. The van der Waals surface area contributed by atoms with E-state index >= 15 is 0 Å². The fraction of sp³-hybridized carbons (Fsp3) is 0.611. The van der Waals surface area contributed by atoms with Gasteiger partial charge in [-0.3, -0.25) is 4.79 Å². The highest BCUT2D eigenvalue weighted by Gasteiger charge is 2.41. The van der Waals surface area contributed by atoms with Gasteiger partial charge in [-0.2, -0.15) is 0 Å². The maximum Gasteiger partial charge on any atom is 0.237 e. The van der Waals surface area contributed by atoms with Gasteiger partial charge in [0.1, 0.15) is 0 Å². The molecule has 0 aromatic heterocycles. The molecule has 1 fully saturated rings. The van der Waals surface area contributed by atoms with Gasteiger partial charge in [-0.25, -0.2) is 0 Å². The number of nitrogens with two attached hydrogens (primary N) is 2. The Morgan fingerprint density at radius 2 is 1.91 bits per heavy atom. The van der Waals surface area contributed by atoms with E-state index in [9.17, 15) is 4.79 Å². The summed E-state index contributed by atoms with van der Waals surface area (Å²) >= 11 is 0. The van der Waals surface area contributed by atoms with Crippen molar-refractivity contribution < 1.29 is 4.79 Å². The van der Waals surface area contributed by atoms with E-state index in [1.807, 2.05) is 6.07 Å². The summed E-state index contributed by atoms with van der Waals surface area (Å²) in [5.41, 5.74) is 12.8. The molecule has 2 rings (SSSR count). The van der Waals surface area contributed by atoms with Gasteiger partial charge < -0.3 is 16.8 Å². The van der Waals surface area contributed by atoms with E-state index in [-0.39, 0.29) is 17.4 Å². The molecule has 1 amide bonds. The first-order valence-corrected chi connectivity index (χ1v) is 8.42. The Kier molecular flexibility index (Phi) is 5.98. The third kappa shape index (κ3) is 3.68. The van der Waals surface area contributed by atoms with Crippen LogP contribution in [0.3, 0.4) is 0 Å². The van der Waals surface area contributed by atoms with Gasteiger partial charge in [0.05, 0.1) is 6.04 Å². The molecule has 0 bridgehead atoms. The maximum absolute atomic E-state index is 12.3. The van der Waals surface area contributed by atoms with Crippen LogP contribution in [0.5, 0.6) is 0 Å². The molecule has 122 valence electrons. The molecule has 1 aromatic rings. The fourth-order valence-electron chi connectivity index (χ4n) is 3.68. The molecule has 4 nitrogen and oxygen atoms in total.